The maximum absolute atomic E-state index is 12.7. The number of aliphatic hydroxyl groups is 1. The molecular formula is C18H14O6S. The largest absolute Gasteiger partial charge is 0.507 e. The fourth-order valence-electron chi connectivity index (χ4n) is 3.66. The Morgan fingerprint density at radius 3 is 2.08 bits per heavy atom. The number of fused-ring (bicyclic) bond motifs is 3. The van der Waals surface area contributed by atoms with Crippen LogP contribution in [0.25, 0.3) is 0 Å². The number of carbonyl (C=O) groups excluding carboxylic acids is 3. The lowest BCUT2D eigenvalue weighted by molar-refractivity contribution is -0.136. The fourth-order valence-corrected chi connectivity index (χ4v) is 4.47. The molecule has 1 aromatic heterocycles. The smallest absolute Gasteiger partial charge is 0.199 e. The maximum Gasteiger partial charge on any atom is 0.199 e. The average Bonchev–Trinajstić information content (AvgIpc) is 3.06. The SMILES string of the molecule is CC(=O)C1(O)CCc2c(O)c3c(c(O)c2C1)C(=O)c1cscc1C3=O. The Morgan fingerprint density at radius 2 is 1.56 bits per heavy atom. The number of thiophene rings is 1. The molecule has 2 aliphatic carbocycles. The summed E-state index contributed by atoms with van der Waals surface area (Å²) in [5.74, 6) is -2.27. The van der Waals surface area contributed by atoms with Crippen LogP contribution < -0.4 is 0 Å². The third-order valence-corrected chi connectivity index (χ3v) is 5.92. The van der Waals surface area contributed by atoms with Crippen molar-refractivity contribution in [2.45, 2.75) is 31.8 Å². The number of Topliss-reactive ketones (excluding diaryl/α,β-unsaturated/α-hetero) is 1. The number of phenols is 2. The molecule has 3 N–H and O–H groups in total. The number of hydrogen-bond donors (Lipinski definition) is 3. The van der Waals surface area contributed by atoms with E-state index in [1.165, 1.54) is 23.6 Å². The van der Waals surface area contributed by atoms with E-state index in [9.17, 15) is 29.7 Å². The molecule has 1 heterocycles. The molecular weight excluding hydrogens is 344 g/mol. The first-order valence-electron chi connectivity index (χ1n) is 7.75. The fraction of sp³-hybridized carbons (Fsp3) is 0.278. The maximum atomic E-state index is 12.7. The summed E-state index contributed by atoms with van der Waals surface area (Å²) in [6.07, 6.45) is -0.00862. The van der Waals surface area contributed by atoms with Gasteiger partial charge in [-0.3, -0.25) is 14.4 Å². The van der Waals surface area contributed by atoms with Crippen molar-refractivity contribution in [3.05, 3.63) is 44.1 Å². The van der Waals surface area contributed by atoms with Gasteiger partial charge >= 0.3 is 0 Å². The highest BCUT2D eigenvalue weighted by Crippen LogP contribution is 2.47. The second kappa shape index (κ2) is 5.00. The number of benzene rings is 1. The van der Waals surface area contributed by atoms with E-state index in [-0.39, 0.29) is 52.8 Å². The molecule has 0 aliphatic heterocycles. The molecule has 0 saturated carbocycles. The van der Waals surface area contributed by atoms with E-state index in [0.29, 0.717) is 5.56 Å². The minimum Gasteiger partial charge on any atom is -0.507 e. The zero-order valence-corrected chi connectivity index (χ0v) is 14.1. The topological polar surface area (TPSA) is 112 Å². The summed E-state index contributed by atoms with van der Waals surface area (Å²) in [4.78, 5) is 37.2. The van der Waals surface area contributed by atoms with Crippen molar-refractivity contribution >= 4 is 28.7 Å². The molecule has 1 unspecified atom stereocenters. The number of aromatic hydroxyl groups is 2. The van der Waals surface area contributed by atoms with E-state index in [0.717, 1.165) is 0 Å². The van der Waals surface area contributed by atoms with Gasteiger partial charge in [0, 0.05) is 39.4 Å². The second-order valence-corrected chi connectivity index (χ2v) is 7.27. The van der Waals surface area contributed by atoms with Crippen LogP contribution in [0, 0.1) is 0 Å². The molecule has 2 aliphatic rings. The minimum absolute atomic E-state index is 0.0763. The number of carbonyl (C=O) groups is 3. The Labute approximate surface area is 146 Å². The summed E-state index contributed by atoms with van der Waals surface area (Å²) in [5, 5.41) is 34.8. The quantitative estimate of drug-likeness (QED) is 0.571. The number of phenolic OH excluding ortho intramolecular Hbond substituents is 2. The van der Waals surface area contributed by atoms with E-state index in [1.807, 2.05) is 0 Å². The van der Waals surface area contributed by atoms with E-state index in [1.54, 1.807) is 5.38 Å². The minimum atomic E-state index is -1.65. The summed E-state index contributed by atoms with van der Waals surface area (Å²) in [7, 11) is 0. The molecule has 1 atom stereocenters. The Kier molecular flexibility index (Phi) is 3.20. The Bertz CT molecular complexity index is 986. The van der Waals surface area contributed by atoms with Gasteiger partial charge in [-0.1, -0.05) is 0 Å². The molecule has 6 nitrogen and oxygen atoms in total. The van der Waals surface area contributed by atoms with Crippen LogP contribution in [0.5, 0.6) is 11.5 Å². The van der Waals surface area contributed by atoms with Crippen LogP contribution in [0.2, 0.25) is 0 Å². The average molecular weight is 358 g/mol. The van der Waals surface area contributed by atoms with Crippen LogP contribution >= 0.6 is 11.3 Å². The molecule has 1 aromatic carbocycles. The monoisotopic (exact) mass is 358 g/mol. The van der Waals surface area contributed by atoms with Crippen molar-refractivity contribution in [3.63, 3.8) is 0 Å². The zero-order valence-electron chi connectivity index (χ0n) is 13.3. The van der Waals surface area contributed by atoms with Gasteiger partial charge < -0.3 is 15.3 Å². The number of hydrogen-bond acceptors (Lipinski definition) is 7. The molecule has 0 radical (unpaired) electrons. The van der Waals surface area contributed by atoms with E-state index < -0.39 is 28.7 Å². The van der Waals surface area contributed by atoms with Crippen LogP contribution in [0.3, 0.4) is 0 Å². The van der Waals surface area contributed by atoms with Gasteiger partial charge in [-0.25, -0.2) is 0 Å². The van der Waals surface area contributed by atoms with Crippen molar-refractivity contribution < 1.29 is 29.7 Å². The number of ketones is 3. The van der Waals surface area contributed by atoms with Crippen LogP contribution in [-0.4, -0.2) is 38.3 Å². The van der Waals surface area contributed by atoms with Crippen LogP contribution in [0.4, 0.5) is 0 Å². The highest BCUT2D eigenvalue weighted by molar-refractivity contribution is 7.08. The normalized spacial score (nSPS) is 21.5. The van der Waals surface area contributed by atoms with E-state index >= 15 is 0 Å². The van der Waals surface area contributed by atoms with Gasteiger partial charge in [-0.05, 0) is 19.8 Å². The highest BCUT2D eigenvalue weighted by atomic mass is 32.1. The first kappa shape index (κ1) is 16.0. The van der Waals surface area contributed by atoms with Crippen LogP contribution in [0.1, 0.15) is 56.3 Å². The van der Waals surface area contributed by atoms with Crippen LogP contribution in [0.15, 0.2) is 10.8 Å². The Balaban J connectivity index is 2.00. The highest BCUT2D eigenvalue weighted by Gasteiger charge is 2.43. The van der Waals surface area contributed by atoms with Crippen molar-refractivity contribution in [3.8, 4) is 11.5 Å². The molecule has 0 saturated heterocycles. The molecule has 0 fully saturated rings. The Morgan fingerprint density at radius 1 is 1.04 bits per heavy atom. The summed E-state index contributed by atoms with van der Waals surface area (Å²) in [5.41, 5.74) is -1.23. The van der Waals surface area contributed by atoms with Gasteiger partial charge in [0.1, 0.15) is 17.1 Å². The molecule has 0 amide bonds. The summed E-state index contributed by atoms with van der Waals surface area (Å²) < 4.78 is 0. The molecule has 2 aromatic rings. The first-order valence-corrected chi connectivity index (χ1v) is 8.69. The van der Waals surface area contributed by atoms with Gasteiger partial charge in [-0.2, -0.15) is 11.3 Å². The van der Waals surface area contributed by atoms with Gasteiger partial charge in [0.15, 0.2) is 17.3 Å². The predicted octanol–water partition coefficient (Wildman–Crippen LogP) is 1.74. The Hall–Kier alpha value is -2.51. The van der Waals surface area contributed by atoms with Crippen molar-refractivity contribution in [1.29, 1.82) is 0 Å². The lowest BCUT2D eigenvalue weighted by Crippen LogP contribution is -2.42. The molecule has 7 heteroatoms. The molecule has 128 valence electrons. The van der Waals surface area contributed by atoms with Crippen LogP contribution in [-0.2, 0) is 17.6 Å². The lowest BCUT2D eigenvalue weighted by atomic mass is 9.73. The molecule has 25 heavy (non-hydrogen) atoms. The van der Waals surface area contributed by atoms with Crippen molar-refractivity contribution in [2.24, 2.45) is 0 Å². The van der Waals surface area contributed by atoms with E-state index in [4.69, 9.17) is 0 Å². The summed E-state index contributed by atoms with van der Waals surface area (Å²) >= 11 is 1.19. The van der Waals surface area contributed by atoms with Gasteiger partial charge in [0.25, 0.3) is 0 Å². The zero-order chi connectivity index (χ0) is 18.1. The molecule has 0 spiro atoms. The van der Waals surface area contributed by atoms with Crippen molar-refractivity contribution in [2.75, 3.05) is 0 Å². The summed E-state index contributed by atoms with van der Waals surface area (Å²) in [6.45, 7) is 1.26. The third kappa shape index (κ3) is 1.96. The van der Waals surface area contributed by atoms with Crippen molar-refractivity contribution in [1.82, 2.24) is 0 Å². The lowest BCUT2D eigenvalue weighted by Gasteiger charge is -2.33. The van der Waals surface area contributed by atoms with Gasteiger partial charge in [-0.15, -0.1) is 0 Å². The van der Waals surface area contributed by atoms with Gasteiger partial charge in [0.2, 0.25) is 0 Å². The summed E-state index contributed by atoms with van der Waals surface area (Å²) in [6, 6.07) is 0. The second-order valence-electron chi connectivity index (χ2n) is 6.53. The standard InChI is InChI=1S/C18H14O6S/c1-7(19)18(24)3-2-8-9(4-18)15(21)13-12(14(8)20)16(22)10-5-25-6-11(10)17(13)23/h5-6,20-21,24H,2-4H2,1H3. The first-order chi connectivity index (χ1) is 11.8. The molecule has 4 rings (SSSR count). The van der Waals surface area contributed by atoms with E-state index in [2.05, 4.69) is 0 Å². The molecule has 0 bridgehead atoms. The number of rotatable bonds is 1. The predicted molar refractivity (Wildman–Crippen MR) is 88.6 cm³/mol. The van der Waals surface area contributed by atoms with Gasteiger partial charge in [0.05, 0.1) is 11.1 Å². The third-order valence-electron chi connectivity index (χ3n) is 5.18.